The molecule has 2 unspecified atom stereocenters. The molecule has 0 aromatic heterocycles. The third-order valence-electron chi connectivity index (χ3n) is 5.68. The number of likely N-dealkylation sites (tertiary alicyclic amines) is 2. The molecule has 2 aliphatic rings. The van der Waals surface area contributed by atoms with E-state index in [1.807, 2.05) is 4.90 Å². The van der Waals surface area contributed by atoms with Gasteiger partial charge in [-0.15, -0.1) is 0 Å². The minimum absolute atomic E-state index is 0.0308. The van der Waals surface area contributed by atoms with Gasteiger partial charge >= 0.3 is 0 Å². The zero-order valence-electron chi connectivity index (χ0n) is 16.5. The van der Waals surface area contributed by atoms with Crippen LogP contribution in [0.2, 0.25) is 0 Å². The molecule has 0 saturated carbocycles. The van der Waals surface area contributed by atoms with E-state index in [2.05, 4.69) is 6.92 Å². The average Bonchev–Trinajstić information content (AvgIpc) is 2.69. The predicted octanol–water partition coefficient (Wildman–Crippen LogP) is 3.23. The summed E-state index contributed by atoms with van der Waals surface area (Å²) in [7, 11) is 0. The normalized spacial score (nSPS) is 22.1. The van der Waals surface area contributed by atoms with Crippen LogP contribution in [-0.4, -0.2) is 53.9 Å². The number of nitrogens with zero attached hydrogens (tertiary/aromatic N) is 2. The second-order valence-electron chi connectivity index (χ2n) is 7.97. The molecule has 28 heavy (non-hydrogen) atoms. The van der Waals surface area contributed by atoms with Crippen LogP contribution in [0.1, 0.15) is 39.5 Å². The Morgan fingerprint density at radius 1 is 1.07 bits per heavy atom. The molecule has 154 valence electrons. The highest BCUT2D eigenvalue weighted by Gasteiger charge is 2.33. The summed E-state index contributed by atoms with van der Waals surface area (Å²) in [6.45, 7) is 6.44. The molecule has 0 aliphatic carbocycles. The van der Waals surface area contributed by atoms with Gasteiger partial charge in [0.2, 0.25) is 5.91 Å². The van der Waals surface area contributed by atoms with E-state index in [0.717, 1.165) is 31.6 Å². The monoisotopic (exact) mass is 394 g/mol. The SMILES string of the molecule is CC1CCCN(C(=O)C2CCN(C(=O)C(C)Oc3ccc(F)c(F)c3)CC2)C1. The highest BCUT2D eigenvalue weighted by atomic mass is 19.2. The molecule has 0 radical (unpaired) electrons. The highest BCUT2D eigenvalue weighted by Crippen LogP contribution is 2.24. The lowest BCUT2D eigenvalue weighted by molar-refractivity contribution is -0.144. The van der Waals surface area contributed by atoms with Crippen molar-refractivity contribution in [3.8, 4) is 5.75 Å². The third-order valence-corrected chi connectivity index (χ3v) is 5.68. The maximum absolute atomic E-state index is 13.3. The van der Waals surface area contributed by atoms with Crippen molar-refractivity contribution in [3.63, 3.8) is 0 Å². The van der Waals surface area contributed by atoms with E-state index < -0.39 is 17.7 Å². The Kier molecular flexibility index (Phi) is 6.52. The lowest BCUT2D eigenvalue weighted by Crippen LogP contribution is -2.49. The van der Waals surface area contributed by atoms with Crippen LogP contribution in [0.25, 0.3) is 0 Å². The van der Waals surface area contributed by atoms with E-state index in [4.69, 9.17) is 4.74 Å². The number of carbonyl (C=O) groups is 2. The van der Waals surface area contributed by atoms with E-state index in [1.54, 1.807) is 11.8 Å². The van der Waals surface area contributed by atoms with Crippen molar-refractivity contribution in [2.24, 2.45) is 11.8 Å². The molecule has 2 heterocycles. The van der Waals surface area contributed by atoms with Crippen LogP contribution in [-0.2, 0) is 9.59 Å². The van der Waals surface area contributed by atoms with Crippen molar-refractivity contribution < 1.29 is 23.1 Å². The Morgan fingerprint density at radius 3 is 2.43 bits per heavy atom. The van der Waals surface area contributed by atoms with Gasteiger partial charge in [-0.25, -0.2) is 8.78 Å². The molecule has 2 atom stereocenters. The number of piperidine rings is 2. The van der Waals surface area contributed by atoms with E-state index in [0.29, 0.717) is 31.8 Å². The van der Waals surface area contributed by atoms with Gasteiger partial charge in [-0.05, 0) is 50.7 Å². The molecular weight excluding hydrogens is 366 g/mol. The summed E-state index contributed by atoms with van der Waals surface area (Å²) in [6, 6.07) is 3.21. The van der Waals surface area contributed by atoms with Crippen molar-refractivity contribution >= 4 is 11.8 Å². The summed E-state index contributed by atoms with van der Waals surface area (Å²) in [5.74, 6) is -1.33. The zero-order valence-corrected chi connectivity index (χ0v) is 16.5. The number of ether oxygens (including phenoxy) is 1. The number of carbonyl (C=O) groups excluding carboxylic acids is 2. The first-order valence-corrected chi connectivity index (χ1v) is 10.0. The van der Waals surface area contributed by atoms with Gasteiger partial charge in [-0.2, -0.15) is 0 Å². The van der Waals surface area contributed by atoms with Gasteiger partial charge in [-0.3, -0.25) is 9.59 Å². The molecule has 0 bridgehead atoms. The van der Waals surface area contributed by atoms with Gasteiger partial charge in [0.25, 0.3) is 5.91 Å². The van der Waals surface area contributed by atoms with Gasteiger partial charge in [0.1, 0.15) is 5.75 Å². The summed E-state index contributed by atoms with van der Waals surface area (Å²) in [5.41, 5.74) is 0. The van der Waals surface area contributed by atoms with Crippen LogP contribution in [0.4, 0.5) is 8.78 Å². The average molecular weight is 394 g/mol. The fourth-order valence-electron chi connectivity index (χ4n) is 4.06. The second kappa shape index (κ2) is 8.88. The zero-order chi connectivity index (χ0) is 20.3. The first kappa shape index (κ1) is 20.6. The number of rotatable bonds is 4. The lowest BCUT2D eigenvalue weighted by atomic mass is 9.92. The van der Waals surface area contributed by atoms with Crippen LogP contribution in [0, 0.1) is 23.5 Å². The van der Waals surface area contributed by atoms with Crippen LogP contribution in [0.15, 0.2) is 18.2 Å². The van der Waals surface area contributed by atoms with E-state index >= 15 is 0 Å². The van der Waals surface area contributed by atoms with Crippen molar-refractivity contribution in [3.05, 3.63) is 29.8 Å². The van der Waals surface area contributed by atoms with Gasteiger partial charge in [0.05, 0.1) is 0 Å². The number of benzene rings is 1. The minimum atomic E-state index is -1.01. The van der Waals surface area contributed by atoms with Gasteiger partial charge in [0, 0.05) is 38.2 Å². The van der Waals surface area contributed by atoms with Crippen molar-refractivity contribution in [1.29, 1.82) is 0 Å². The fourth-order valence-corrected chi connectivity index (χ4v) is 4.06. The summed E-state index contributed by atoms with van der Waals surface area (Å²) in [6.07, 6.45) is 2.72. The van der Waals surface area contributed by atoms with Gasteiger partial charge in [0.15, 0.2) is 17.7 Å². The minimum Gasteiger partial charge on any atom is -0.481 e. The summed E-state index contributed by atoms with van der Waals surface area (Å²) in [5, 5.41) is 0. The molecule has 2 fully saturated rings. The molecule has 0 N–H and O–H groups in total. The topological polar surface area (TPSA) is 49.9 Å². The maximum Gasteiger partial charge on any atom is 0.263 e. The Labute approximate surface area is 164 Å². The molecule has 0 spiro atoms. The molecule has 3 rings (SSSR count). The maximum atomic E-state index is 13.3. The molecular formula is C21H28F2N2O3. The number of hydrogen-bond acceptors (Lipinski definition) is 3. The van der Waals surface area contributed by atoms with Crippen molar-refractivity contribution in [2.75, 3.05) is 26.2 Å². The second-order valence-corrected chi connectivity index (χ2v) is 7.97. The standard InChI is InChI=1S/C21H28F2N2O3/c1-14-4-3-9-25(13-14)21(27)16-7-10-24(11-8-16)20(26)15(2)28-17-5-6-18(22)19(23)12-17/h5-6,12,14-16H,3-4,7-11,13H2,1-2H3. The number of halogens is 2. The van der Waals surface area contributed by atoms with Crippen molar-refractivity contribution in [2.45, 2.75) is 45.6 Å². The Balaban J connectivity index is 1.50. The molecule has 2 aliphatic heterocycles. The van der Waals surface area contributed by atoms with Crippen LogP contribution < -0.4 is 4.74 Å². The first-order valence-electron chi connectivity index (χ1n) is 10.0. The Morgan fingerprint density at radius 2 is 1.79 bits per heavy atom. The molecule has 2 amide bonds. The van der Waals surface area contributed by atoms with E-state index in [-0.39, 0.29) is 23.5 Å². The summed E-state index contributed by atoms with van der Waals surface area (Å²) >= 11 is 0. The van der Waals surface area contributed by atoms with Crippen LogP contribution in [0.5, 0.6) is 5.75 Å². The first-order chi connectivity index (χ1) is 13.3. The predicted molar refractivity (Wildman–Crippen MR) is 101 cm³/mol. The van der Waals surface area contributed by atoms with E-state index in [9.17, 15) is 18.4 Å². The smallest absolute Gasteiger partial charge is 0.263 e. The number of hydrogen-bond donors (Lipinski definition) is 0. The molecule has 7 heteroatoms. The summed E-state index contributed by atoms with van der Waals surface area (Å²) < 4.78 is 31.8. The Bertz CT molecular complexity index is 720. The fraction of sp³-hybridized carbons (Fsp3) is 0.619. The largest absolute Gasteiger partial charge is 0.481 e. The quantitative estimate of drug-likeness (QED) is 0.788. The molecule has 2 saturated heterocycles. The van der Waals surface area contributed by atoms with Crippen LogP contribution >= 0.6 is 0 Å². The molecule has 5 nitrogen and oxygen atoms in total. The number of amides is 2. The van der Waals surface area contributed by atoms with E-state index in [1.165, 1.54) is 12.5 Å². The van der Waals surface area contributed by atoms with Gasteiger partial charge < -0.3 is 14.5 Å². The highest BCUT2D eigenvalue weighted by molar-refractivity contribution is 5.82. The summed E-state index contributed by atoms with van der Waals surface area (Å²) in [4.78, 5) is 29.0. The lowest BCUT2D eigenvalue weighted by Gasteiger charge is -2.37. The van der Waals surface area contributed by atoms with Gasteiger partial charge in [-0.1, -0.05) is 6.92 Å². The third kappa shape index (κ3) is 4.80. The van der Waals surface area contributed by atoms with Crippen molar-refractivity contribution in [1.82, 2.24) is 9.80 Å². The Hall–Kier alpha value is -2.18. The molecule has 1 aromatic rings. The van der Waals surface area contributed by atoms with Crippen LogP contribution in [0.3, 0.4) is 0 Å². The molecule has 1 aromatic carbocycles.